The van der Waals surface area contributed by atoms with Gasteiger partial charge in [-0.05, 0) is 50.2 Å². The van der Waals surface area contributed by atoms with Crippen LogP contribution in [-0.4, -0.2) is 32.9 Å². The van der Waals surface area contributed by atoms with Crippen molar-refractivity contribution in [1.29, 1.82) is 0 Å². The molecular formula is C19H22N2O5. The van der Waals surface area contributed by atoms with E-state index in [1.165, 1.54) is 7.11 Å². The van der Waals surface area contributed by atoms with Gasteiger partial charge in [0.2, 0.25) is 0 Å². The number of methoxy groups -OCH3 is 2. The van der Waals surface area contributed by atoms with Crippen molar-refractivity contribution >= 4 is 17.3 Å². The van der Waals surface area contributed by atoms with E-state index < -0.39 is 12.1 Å². The highest BCUT2D eigenvalue weighted by molar-refractivity contribution is 5.74. The maximum absolute atomic E-state index is 11.5. The van der Waals surface area contributed by atoms with Crippen LogP contribution in [0.3, 0.4) is 0 Å². The summed E-state index contributed by atoms with van der Waals surface area (Å²) < 4.78 is 20.9. The average molecular weight is 358 g/mol. The quantitative estimate of drug-likeness (QED) is 0.514. The summed E-state index contributed by atoms with van der Waals surface area (Å²) in [5.74, 6) is 1.32. The number of carbonyl (C=O) groups is 1. The second-order valence-electron chi connectivity index (χ2n) is 5.24. The summed E-state index contributed by atoms with van der Waals surface area (Å²) in [4.78, 5) is 11.5. The molecule has 2 rings (SSSR count). The van der Waals surface area contributed by atoms with Crippen molar-refractivity contribution in [3.63, 3.8) is 0 Å². The van der Waals surface area contributed by atoms with Crippen LogP contribution in [0, 0.1) is 0 Å². The van der Waals surface area contributed by atoms with Gasteiger partial charge in [0.15, 0.2) is 6.10 Å². The van der Waals surface area contributed by atoms with Gasteiger partial charge >= 0.3 is 5.97 Å². The fourth-order valence-corrected chi connectivity index (χ4v) is 2.10. The summed E-state index contributed by atoms with van der Waals surface area (Å²) in [5, 5.41) is 8.46. The van der Waals surface area contributed by atoms with Crippen LogP contribution in [0.25, 0.3) is 0 Å². The van der Waals surface area contributed by atoms with E-state index in [0.717, 1.165) is 5.75 Å². The van der Waals surface area contributed by atoms with Crippen LogP contribution >= 0.6 is 0 Å². The molecule has 0 heterocycles. The lowest BCUT2D eigenvalue weighted by Crippen LogP contribution is -2.24. The number of hydrogen-bond acceptors (Lipinski definition) is 7. The molecular weight excluding hydrogens is 336 g/mol. The SMILES string of the molecule is CCOc1ccc(OC(C)C(=O)OC)cc1/N=N/c1ccc(OC)cc1. The highest BCUT2D eigenvalue weighted by atomic mass is 16.6. The molecule has 0 aliphatic carbocycles. The van der Waals surface area contributed by atoms with E-state index in [-0.39, 0.29) is 0 Å². The minimum Gasteiger partial charge on any atom is -0.497 e. The molecule has 0 N–H and O–H groups in total. The van der Waals surface area contributed by atoms with E-state index in [2.05, 4.69) is 15.0 Å². The Morgan fingerprint density at radius 3 is 2.35 bits per heavy atom. The predicted octanol–water partition coefficient (Wildman–Crippen LogP) is 4.45. The molecule has 2 aromatic carbocycles. The number of benzene rings is 2. The monoisotopic (exact) mass is 358 g/mol. The topological polar surface area (TPSA) is 78.7 Å². The first-order chi connectivity index (χ1) is 12.6. The second-order valence-corrected chi connectivity index (χ2v) is 5.24. The van der Waals surface area contributed by atoms with Gasteiger partial charge in [-0.25, -0.2) is 4.79 Å². The summed E-state index contributed by atoms with van der Waals surface area (Å²) in [6.07, 6.45) is -0.732. The van der Waals surface area contributed by atoms with Crippen molar-refractivity contribution in [3.05, 3.63) is 42.5 Å². The molecule has 0 radical (unpaired) electrons. The number of nitrogens with zero attached hydrogens (tertiary/aromatic N) is 2. The zero-order chi connectivity index (χ0) is 18.9. The lowest BCUT2D eigenvalue weighted by atomic mass is 10.2. The van der Waals surface area contributed by atoms with Crippen LogP contribution in [0.2, 0.25) is 0 Å². The minimum atomic E-state index is -0.732. The Hall–Kier alpha value is -3.09. The van der Waals surface area contributed by atoms with Crippen LogP contribution < -0.4 is 14.2 Å². The molecule has 0 aliphatic rings. The lowest BCUT2D eigenvalue weighted by Gasteiger charge is -2.14. The van der Waals surface area contributed by atoms with Gasteiger partial charge in [0.1, 0.15) is 22.9 Å². The van der Waals surface area contributed by atoms with Crippen molar-refractivity contribution in [1.82, 2.24) is 0 Å². The third kappa shape index (κ3) is 5.20. The molecule has 0 fully saturated rings. The zero-order valence-electron chi connectivity index (χ0n) is 15.3. The molecule has 0 saturated carbocycles. The van der Waals surface area contributed by atoms with Gasteiger partial charge < -0.3 is 18.9 Å². The smallest absolute Gasteiger partial charge is 0.346 e. The third-order valence-corrected chi connectivity index (χ3v) is 3.42. The Balaban J connectivity index is 2.23. The molecule has 0 aliphatic heterocycles. The normalized spacial score (nSPS) is 11.8. The van der Waals surface area contributed by atoms with Gasteiger partial charge in [-0.2, -0.15) is 5.11 Å². The fourth-order valence-electron chi connectivity index (χ4n) is 2.10. The highest BCUT2D eigenvalue weighted by Gasteiger charge is 2.16. The zero-order valence-corrected chi connectivity index (χ0v) is 15.3. The Morgan fingerprint density at radius 1 is 1.04 bits per heavy atom. The summed E-state index contributed by atoms with van der Waals surface area (Å²) in [6, 6.07) is 12.3. The van der Waals surface area contributed by atoms with E-state index >= 15 is 0 Å². The molecule has 0 saturated heterocycles. The first kappa shape index (κ1) is 19.2. The van der Waals surface area contributed by atoms with Crippen LogP contribution in [0.5, 0.6) is 17.2 Å². The van der Waals surface area contributed by atoms with Crippen molar-refractivity contribution in [2.75, 3.05) is 20.8 Å². The fraction of sp³-hybridized carbons (Fsp3) is 0.316. The largest absolute Gasteiger partial charge is 0.497 e. The molecule has 1 atom stereocenters. The Labute approximate surface area is 152 Å². The van der Waals surface area contributed by atoms with Crippen LogP contribution in [0.1, 0.15) is 13.8 Å². The third-order valence-electron chi connectivity index (χ3n) is 3.42. The van der Waals surface area contributed by atoms with Gasteiger partial charge in [0.25, 0.3) is 0 Å². The van der Waals surface area contributed by atoms with Crippen molar-refractivity contribution in [2.45, 2.75) is 20.0 Å². The molecule has 7 heteroatoms. The molecule has 0 aromatic heterocycles. The maximum atomic E-state index is 11.5. The summed E-state index contributed by atoms with van der Waals surface area (Å²) >= 11 is 0. The predicted molar refractivity (Wildman–Crippen MR) is 96.9 cm³/mol. The number of rotatable bonds is 8. The second kappa shape index (κ2) is 9.41. The number of carbonyl (C=O) groups excluding carboxylic acids is 1. The van der Waals surface area contributed by atoms with E-state index in [4.69, 9.17) is 14.2 Å². The summed E-state index contributed by atoms with van der Waals surface area (Å²) in [5.41, 5.74) is 1.17. The summed E-state index contributed by atoms with van der Waals surface area (Å²) in [7, 11) is 2.92. The van der Waals surface area contributed by atoms with Crippen molar-refractivity contribution in [3.8, 4) is 17.2 Å². The minimum absolute atomic E-state index is 0.458. The van der Waals surface area contributed by atoms with Crippen LogP contribution in [0.15, 0.2) is 52.7 Å². The van der Waals surface area contributed by atoms with Gasteiger partial charge in [-0.1, -0.05) is 0 Å². The molecule has 2 aromatic rings. The Morgan fingerprint density at radius 2 is 1.73 bits per heavy atom. The first-order valence-corrected chi connectivity index (χ1v) is 8.14. The molecule has 26 heavy (non-hydrogen) atoms. The number of azo groups is 1. The van der Waals surface area contributed by atoms with Crippen molar-refractivity contribution in [2.24, 2.45) is 10.2 Å². The Kier molecular flexibility index (Phi) is 6.96. The van der Waals surface area contributed by atoms with Gasteiger partial charge in [-0.3, -0.25) is 0 Å². The van der Waals surface area contributed by atoms with E-state index in [1.54, 1.807) is 56.5 Å². The highest BCUT2D eigenvalue weighted by Crippen LogP contribution is 2.33. The maximum Gasteiger partial charge on any atom is 0.346 e. The molecule has 7 nitrogen and oxygen atoms in total. The van der Waals surface area contributed by atoms with Gasteiger partial charge in [0.05, 0.1) is 26.5 Å². The first-order valence-electron chi connectivity index (χ1n) is 8.14. The van der Waals surface area contributed by atoms with E-state index in [9.17, 15) is 4.79 Å². The number of esters is 1. The standard InChI is InChI=1S/C19H22N2O5/c1-5-25-18-11-10-16(26-13(2)19(22)24-4)12-17(18)21-20-14-6-8-15(23-3)9-7-14/h6-13H,5H2,1-4H3/b21-20+. The van der Waals surface area contributed by atoms with E-state index in [0.29, 0.717) is 29.5 Å². The number of ether oxygens (including phenoxy) is 4. The average Bonchev–Trinajstić information content (AvgIpc) is 2.67. The lowest BCUT2D eigenvalue weighted by molar-refractivity contribution is -0.147. The van der Waals surface area contributed by atoms with E-state index in [1.807, 2.05) is 6.92 Å². The molecule has 1 unspecified atom stereocenters. The molecule has 138 valence electrons. The molecule has 0 spiro atoms. The molecule has 0 bridgehead atoms. The van der Waals surface area contributed by atoms with Gasteiger partial charge in [0, 0.05) is 6.07 Å². The van der Waals surface area contributed by atoms with Gasteiger partial charge in [-0.15, -0.1) is 5.11 Å². The molecule has 0 amide bonds. The van der Waals surface area contributed by atoms with Crippen LogP contribution in [-0.2, 0) is 9.53 Å². The number of hydrogen-bond donors (Lipinski definition) is 0. The Bertz CT molecular complexity index is 759. The summed E-state index contributed by atoms with van der Waals surface area (Å²) in [6.45, 7) is 3.98. The van der Waals surface area contributed by atoms with Crippen LogP contribution in [0.4, 0.5) is 11.4 Å². The van der Waals surface area contributed by atoms with Crippen molar-refractivity contribution < 1.29 is 23.7 Å².